The molecule has 0 atom stereocenters. The van der Waals surface area contributed by atoms with E-state index in [9.17, 15) is 4.79 Å². The Kier molecular flexibility index (Phi) is 12.3. The predicted octanol–water partition coefficient (Wildman–Crippen LogP) is 7.73. The SMILES string of the molecule is COCCOCCCC1(CCCOCCOC)c2cc(C)ccc2-c2ccc(-c3ccc(CCCC(C)=O)cc3)cc21. The van der Waals surface area contributed by atoms with Crippen molar-refractivity contribution in [3.8, 4) is 22.3 Å². The number of carbonyl (C=O) groups excluding carboxylic acids is 1. The first-order valence-electron chi connectivity index (χ1n) is 15.5. The van der Waals surface area contributed by atoms with Crippen LogP contribution >= 0.6 is 0 Å². The molecule has 3 aromatic rings. The molecule has 0 radical (unpaired) electrons. The van der Waals surface area contributed by atoms with Crippen molar-refractivity contribution in [1.82, 2.24) is 0 Å². The molecule has 5 heteroatoms. The van der Waals surface area contributed by atoms with Gasteiger partial charge in [0.05, 0.1) is 26.4 Å². The fraction of sp³-hybridized carbons (Fsp3) is 0.486. The molecular weight excluding hydrogens is 524 g/mol. The van der Waals surface area contributed by atoms with Crippen LogP contribution in [0.3, 0.4) is 0 Å². The molecule has 0 saturated heterocycles. The van der Waals surface area contributed by atoms with Gasteiger partial charge in [0.1, 0.15) is 5.78 Å². The van der Waals surface area contributed by atoms with Crippen molar-refractivity contribution in [2.45, 2.75) is 64.2 Å². The summed E-state index contributed by atoms with van der Waals surface area (Å²) in [4.78, 5) is 11.3. The smallest absolute Gasteiger partial charge is 0.129 e. The number of benzene rings is 3. The van der Waals surface area contributed by atoms with Crippen LogP contribution in [0.15, 0.2) is 60.7 Å². The van der Waals surface area contributed by atoms with E-state index in [0.717, 1.165) is 51.7 Å². The van der Waals surface area contributed by atoms with Crippen LogP contribution in [0.2, 0.25) is 0 Å². The van der Waals surface area contributed by atoms with Crippen molar-refractivity contribution in [2.75, 3.05) is 53.9 Å². The molecule has 226 valence electrons. The molecule has 42 heavy (non-hydrogen) atoms. The molecule has 0 fully saturated rings. The van der Waals surface area contributed by atoms with Crippen molar-refractivity contribution in [3.05, 3.63) is 82.9 Å². The van der Waals surface area contributed by atoms with Crippen molar-refractivity contribution < 1.29 is 23.7 Å². The first-order valence-corrected chi connectivity index (χ1v) is 15.5. The van der Waals surface area contributed by atoms with Crippen LogP contribution in [0, 0.1) is 6.92 Å². The van der Waals surface area contributed by atoms with Crippen molar-refractivity contribution in [3.63, 3.8) is 0 Å². The average Bonchev–Trinajstić information content (AvgIpc) is 3.25. The number of methoxy groups -OCH3 is 2. The average molecular weight is 573 g/mol. The molecule has 0 aromatic heterocycles. The highest BCUT2D eigenvalue weighted by Gasteiger charge is 2.42. The third kappa shape index (κ3) is 8.17. The minimum absolute atomic E-state index is 0.103. The summed E-state index contributed by atoms with van der Waals surface area (Å²) in [7, 11) is 3.42. The number of hydrogen-bond acceptors (Lipinski definition) is 5. The zero-order valence-electron chi connectivity index (χ0n) is 26.0. The Morgan fingerprint density at radius 1 is 0.667 bits per heavy atom. The van der Waals surface area contributed by atoms with Crippen molar-refractivity contribution in [2.24, 2.45) is 0 Å². The minimum Gasteiger partial charge on any atom is -0.382 e. The molecule has 5 nitrogen and oxygen atoms in total. The molecule has 0 amide bonds. The van der Waals surface area contributed by atoms with Crippen LogP contribution in [0.1, 0.15) is 67.7 Å². The summed E-state index contributed by atoms with van der Waals surface area (Å²) in [6, 6.07) is 22.9. The third-order valence-corrected chi connectivity index (χ3v) is 8.45. The molecule has 0 N–H and O–H groups in total. The van der Waals surface area contributed by atoms with E-state index in [2.05, 4.69) is 67.6 Å². The lowest BCUT2D eigenvalue weighted by atomic mass is 9.71. The summed E-state index contributed by atoms with van der Waals surface area (Å²) in [5.74, 6) is 0.257. The lowest BCUT2D eigenvalue weighted by molar-refractivity contribution is -0.117. The second-order valence-corrected chi connectivity index (χ2v) is 11.6. The lowest BCUT2D eigenvalue weighted by Gasteiger charge is -2.33. The Morgan fingerprint density at radius 2 is 1.24 bits per heavy atom. The van der Waals surface area contributed by atoms with E-state index in [1.54, 1.807) is 21.1 Å². The quantitative estimate of drug-likeness (QED) is 0.138. The number of aryl methyl sites for hydroxylation is 2. The lowest BCUT2D eigenvalue weighted by Crippen LogP contribution is -2.27. The molecule has 0 spiro atoms. The second kappa shape index (κ2) is 16.1. The summed E-state index contributed by atoms with van der Waals surface area (Å²) in [6.07, 6.45) is 6.45. The highest BCUT2D eigenvalue weighted by atomic mass is 16.5. The van der Waals surface area contributed by atoms with E-state index < -0.39 is 0 Å². The summed E-state index contributed by atoms with van der Waals surface area (Å²) in [5.41, 5.74) is 10.5. The number of ether oxygens (including phenoxy) is 4. The largest absolute Gasteiger partial charge is 0.382 e. The zero-order chi connectivity index (χ0) is 29.8. The summed E-state index contributed by atoms with van der Waals surface area (Å²) >= 11 is 0. The predicted molar refractivity (Wildman–Crippen MR) is 170 cm³/mol. The number of hydrogen-bond donors (Lipinski definition) is 0. The van der Waals surface area contributed by atoms with Crippen LogP contribution in [-0.2, 0) is 35.6 Å². The van der Waals surface area contributed by atoms with Gasteiger partial charge >= 0.3 is 0 Å². The van der Waals surface area contributed by atoms with Gasteiger partial charge < -0.3 is 23.7 Å². The standard InChI is InChI=1S/C37H48O5/c1-28-10-16-33-34-17-15-32(31-13-11-30(12-14-31)9-5-8-29(2)38)27-36(34)37(35(33)26-28,18-6-20-41-24-22-39-3)19-7-21-42-25-23-40-4/h10-17,26-27H,5-9,18-25H2,1-4H3. The molecule has 0 saturated carbocycles. The van der Waals surface area contributed by atoms with Gasteiger partial charge in [0.2, 0.25) is 0 Å². The summed E-state index contributed by atoms with van der Waals surface area (Å²) in [5, 5.41) is 0. The van der Waals surface area contributed by atoms with Gasteiger partial charge in [-0.25, -0.2) is 0 Å². The highest BCUT2D eigenvalue weighted by Crippen LogP contribution is 2.54. The Balaban J connectivity index is 1.64. The molecule has 1 aliphatic rings. The van der Waals surface area contributed by atoms with E-state index in [1.165, 1.54) is 44.5 Å². The maximum atomic E-state index is 11.3. The second-order valence-electron chi connectivity index (χ2n) is 11.6. The van der Waals surface area contributed by atoms with E-state index in [1.807, 2.05) is 0 Å². The zero-order valence-corrected chi connectivity index (χ0v) is 26.0. The molecule has 3 aromatic carbocycles. The topological polar surface area (TPSA) is 54.0 Å². The fourth-order valence-electron chi connectivity index (χ4n) is 6.30. The van der Waals surface area contributed by atoms with Crippen LogP contribution in [0.25, 0.3) is 22.3 Å². The van der Waals surface area contributed by atoms with E-state index >= 15 is 0 Å². The minimum atomic E-state index is -0.103. The van der Waals surface area contributed by atoms with Crippen LogP contribution in [0.4, 0.5) is 0 Å². The number of rotatable bonds is 19. The first kappa shape index (κ1) is 32.1. The monoisotopic (exact) mass is 572 g/mol. The molecule has 4 rings (SSSR count). The fourth-order valence-corrected chi connectivity index (χ4v) is 6.30. The van der Waals surface area contributed by atoms with E-state index in [0.29, 0.717) is 32.8 Å². The summed E-state index contributed by atoms with van der Waals surface area (Å²) < 4.78 is 22.2. The van der Waals surface area contributed by atoms with Gasteiger partial charge in [-0.3, -0.25) is 0 Å². The maximum Gasteiger partial charge on any atom is 0.129 e. The number of carbonyl (C=O) groups is 1. The highest BCUT2D eigenvalue weighted by molar-refractivity contribution is 5.84. The molecule has 0 heterocycles. The van der Waals surface area contributed by atoms with Crippen LogP contribution in [-0.4, -0.2) is 59.6 Å². The van der Waals surface area contributed by atoms with Gasteiger partial charge in [-0.1, -0.05) is 60.2 Å². The normalized spacial score (nSPS) is 13.2. The van der Waals surface area contributed by atoms with E-state index in [4.69, 9.17) is 18.9 Å². The Morgan fingerprint density at radius 3 is 1.83 bits per heavy atom. The van der Waals surface area contributed by atoms with Gasteiger partial charge in [0.25, 0.3) is 0 Å². The number of fused-ring (bicyclic) bond motifs is 3. The summed E-state index contributed by atoms with van der Waals surface area (Å²) in [6.45, 7) is 7.78. The third-order valence-electron chi connectivity index (χ3n) is 8.45. The van der Waals surface area contributed by atoms with Gasteiger partial charge in [-0.05, 0) is 97.4 Å². The van der Waals surface area contributed by atoms with Crippen molar-refractivity contribution >= 4 is 5.78 Å². The first-order chi connectivity index (χ1) is 20.5. The van der Waals surface area contributed by atoms with Crippen LogP contribution in [0.5, 0.6) is 0 Å². The molecule has 0 bridgehead atoms. The van der Waals surface area contributed by atoms with Gasteiger partial charge in [-0.2, -0.15) is 0 Å². The molecule has 1 aliphatic carbocycles. The Bertz CT molecular complexity index is 1260. The maximum absolute atomic E-state index is 11.3. The van der Waals surface area contributed by atoms with Gasteiger partial charge in [0.15, 0.2) is 0 Å². The van der Waals surface area contributed by atoms with Crippen molar-refractivity contribution in [1.29, 1.82) is 0 Å². The number of ketones is 1. The molecular formula is C37H48O5. The number of Topliss-reactive ketones (excluding diaryl/α,β-unsaturated/α-hetero) is 1. The molecule has 0 aliphatic heterocycles. The van der Waals surface area contributed by atoms with E-state index in [-0.39, 0.29) is 11.2 Å². The molecule has 0 unspecified atom stereocenters. The Labute approximate surface area is 252 Å². The van der Waals surface area contributed by atoms with Gasteiger partial charge in [-0.15, -0.1) is 0 Å². The Hall–Kier alpha value is -2.83. The van der Waals surface area contributed by atoms with Gasteiger partial charge in [0, 0.05) is 39.3 Å². The van der Waals surface area contributed by atoms with Crippen LogP contribution < -0.4 is 0 Å².